The summed E-state index contributed by atoms with van der Waals surface area (Å²) < 4.78 is 1.86. The van der Waals surface area contributed by atoms with Crippen LogP contribution in [0.1, 0.15) is 59.7 Å². The van der Waals surface area contributed by atoms with Gasteiger partial charge in [-0.3, -0.25) is 9.48 Å². The Labute approximate surface area is 129 Å². The van der Waals surface area contributed by atoms with Crippen LogP contribution in [0.5, 0.6) is 0 Å². The molecule has 0 bridgehead atoms. The molecule has 0 saturated heterocycles. The van der Waals surface area contributed by atoms with Gasteiger partial charge in [0.15, 0.2) is 0 Å². The molecule has 0 atom stereocenters. The summed E-state index contributed by atoms with van der Waals surface area (Å²) in [5.74, 6) is -0.114. The van der Waals surface area contributed by atoms with Crippen molar-refractivity contribution in [1.29, 1.82) is 0 Å². The Morgan fingerprint density at radius 3 is 2.48 bits per heavy atom. The number of rotatable bonds is 4. The third kappa shape index (κ3) is 3.15. The van der Waals surface area contributed by atoms with Gasteiger partial charge in [0, 0.05) is 22.8 Å². The van der Waals surface area contributed by atoms with E-state index in [0.29, 0.717) is 5.56 Å². The zero-order valence-corrected chi connectivity index (χ0v) is 14.2. The first kappa shape index (κ1) is 15.7. The van der Waals surface area contributed by atoms with Crippen LogP contribution in [0.3, 0.4) is 0 Å². The van der Waals surface area contributed by atoms with Crippen LogP contribution in [0.15, 0.2) is 12.4 Å². The second-order valence-electron chi connectivity index (χ2n) is 6.04. The zero-order chi connectivity index (χ0) is 15.8. The molecule has 0 aromatic carbocycles. The molecular weight excluding hydrogens is 284 g/mol. The molecule has 5 nitrogen and oxygen atoms in total. The van der Waals surface area contributed by atoms with Gasteiger partial charge in [0.2, 0.25) is 0 Å². The lowest BCUT2D eigenvalue weighted by Crippen LogP contribution is -2.41. The number of aryl methyl sites for hydroxylation is 1. The lowest BCUT2D eigenvalue weighted by atomic mass is 10.1. The Balaban J connectivity index is 2.21. The van der Waals surface area contributed by atoms with E-state index in [-0.39, 0.29) is 11.9 Å². The summed E-state index contributed by atoms with van der Waals surface area (Å²) in [6.07, 6.45) is 3.46. The van der Waals surface area contributed by atoms with Gasteiger partial charge in [0.25, 0.3) is 5.91 Å². The fourth-order valence-electron chi connectivity index (χ4n) is 2.22. The SMILES string of the molecule is Cc1cnc(C(C)(C)NC(=O)c2cnn(C(C)C)c2C)s1. The maximum Gasteiger partial charge on any atom is 0.255 e. The van der Waals surface area contributed by atoms with Crippen LogP contribution >= 0.6 is 11.3 Å². The third-order valence-electron chi connectivity index (χ3n) is 3.36. The fraction of sp³-hybridized carbons (Fsp3) is 0.533. The van der Waals surface area contributed by atoms with Gasteiger partial charge < -0.3 is 5.32 Å². The summed E-state index contributed by atoms with van der Waals surface area (Å²) in [4.78, 5) is 18.0. The minimum atomic E-state index is -0.498. The van der Waals surface area contributed by atoms with Crippen molar-refractivity contribution in [2.45, 2.75) is 53.1 Å². The van der Waals surface area contributed by atoms with Crippen LogP contribution in [0.2, 0.25) is 0 Å². The largest absolute Gasteiger partial charge is 0.341 e. The molecule has 21 heavy (non-hydrogen) atoms. The third-order valence-corrected chi connectivity index (χ3v) is 4.60. The van der Waals surface area contributed by atoms with Crippen LogP contribution in [0, 0.1) is 13.8 Å². The van der Waals surface area contributed by atoms with Crippen LogP contribution < -0.4 is 5.32 Å². The maximum atomic E-state index is 12.5. The summed E-state index contributed by atoms with van der Waals surface area (Å²) >= 11 is 1.60. The molecule has 1 N–H and O–H groups in total. The van der Waals surface area contributed by atoms with E-state index in [2.05, 4.69) is 15.4 Å². The Bertz CT molecular complexity index is 654. The van der Waals surface area contributed by atoms with Crippen LogP contribution in [0.25, 0.3) is 0 Å². The highest BCUT2D eigenvalue weighted by Crippen LogP contribution is 2.25. The molecule has 0 fully saturated rings. The lowest BCUT2D eigenvalue weighted by molar-refractivity contribution is 0.0911. The van der Waals surface area contributed by atoms with E-state index in [1.54, 1.807) is 17.5 Å². The first-order valence-electron chi connectivity index (χ1n) is 7.02. The molecule has 0 aliphatic heterocycles. The Morgan fingerprint density at radius 2 is 2.00 bits per heavy atom. The summed E-state index contributed by atoms with van der Waals surface area (Å²) in [5.41, 5.74) is 1.00. The van der Waals surface area contributed by atoms with Crippen molar-refractivity contribution in [1.82, 2.24) is 20.1 Å². The van der Waals surface area contributed by atoms with Crippen LogP contribution in [-0.4, -0.2) is 20.7 Å². The number of thiazole rings is 1. The van der Waals surface area contributed by atoms with Gasteiger partial charge in [-0.05, 0) is 41.5 Å². The van der Waals surface area contributed by atoms with Crippen molar-refractivity contribution < 1.29 is 4.79 Å². The van der Waals surface area contributed by atoms with Crippen molar-refractivity contribution >= 4 is 17.2 Å². The number of nitrogens with one attached hydrogen (secondary N) is 1. The average molecular weight is 306 g/mol. The summed E-state index contributed by atoms with van der Waals surface area (Å²) in [6.45, 7) is 11.9. The number of carbonyl (C=O) groups excluding carboxylic acids is 1. The molecule has 0 aliphatic rings. The predicted molar refractivity (Wildman–Crippen MR) is 84.7 cm³/mol. The van der Waals surface area contributed by atoms with Crippen molar-refractivity contribution in [3.8, 4) is 0 Å². The second kappa shape index (κ2) is 5.60. The first-order valence-corrected chi connectivity index (χ1v) is 7.83. The van der Waals surface area contributed by atoms with E-state index in [9.17, 15) is 4.79 Å². The van der Waals surface area contributed by atoms with Crippen molar-refractivity contribution in [2.75, 3.05) is 0 Å². The van der Waals surface area contributed by atoms with Gasteiger partial charge in [-0.15, -0.1) is 11.3 Å². The number of hydrogen-bond acceptors (Lipinski definition) is 4. The van der Waals surface area contributed by atoms with Crippen LogP contribution in [0.4, 0.5) is 0 Å². The van der Waals surface area contributed by atoms with Crippen molar-refractivity contribution in [2.24, 2.45) is 0 Å². The molecule has 1 amide bonds. The molecule has 0 spiro atoms. The molecule has 2 rings (SSSR count). The van der Waals surface area contributed by atoms with E-state index in [1.807, 2.05) is 52.4 Å². The number of nitrogens with zero attached hydrogens (tertiary/aromatic N) is 3. The average Bonchev–Trinajstić information content (AvgIpc) is 2.95. The Kier molecular flexibility index (Phi) is 4.18. The number of hydrogen-bond donors (Lipinski definition) is 1. The smallest absolute Gasteiger partial charge is 0.255 e. The quantitative estimate of drug-likeness (QED) is 0.943. The highest BCUT2D eigenvalue weighted by molar-refractivity contribution is 7.11. The summed E-state index contributed by atoms with van der Waals surface area (Å²) in [5, 5.41) is 8.24. The maximum absolute atomic E-state index is 12.5. The molecule has 2 heterocycles. The summed E-state index contributed by atoms with van der Waals surface area (Å²) in [7, 11) is 0. The summed E-state index contributed by atoms with van der Waals surface area (Å²) in [6, 6.07) is 0.237. The van der Waals surface area contributed by atoms with Gasteiger partial charge in [-0.2, -0.15) is 5.10 Å². The molecule has 114 valence electrons. The molecule has 0 radical (unpaired) electrons. The minimum Gasteiger partial charge on any atom is -0.341 e. The minimum absolute atomic E-state index is 0.114. The Hall–Kier alpha value is -1.69. The van der Waals surface area contributed by atoms with E-state index in [1.165, 1.54) is 0 Å². The molecular formula is C15H22N4OS. The highest BCUT2D eigenvalue weighted by atomic mass is 32.1. The Morgan fingerprint density at radius 1 is 1.33 bits per heavy atom. The van der Waals surface area contributed by atoms with Crippen molar-refractivity contribution in [3.63, 3.8) is 0 Å². The van der Waals surface area contributed by atoms with E-state index in [4.69, 9.17) is 0 Å². The molecule has 6 heteroatoms. The van der Waals surface area contributed by atoms with E-state index in [0.717, 1.165) is 15.6 Å². The fourth-order valence-corrected chi connectivity index (χ4v) is 3.04. The van der Waals surface area contributed by atoms with Gasteiger partial charge in [-0.25, -0.2) is 4.98 Å². The molecule has 0 saturated carbocycles. The van der Waals surface area contributed by atoms with Crippen LogP contribution in [-0.2, 0) is 5.54 Å². The topological polar surface area (TPSA) is 59.8 Å². The molecule has 0 unspecified atom stereocenters. The molecule has 2 aromatic heterocycles. The monoisotopic (exact) mass is 306 g/mol. The van der Waals surface area contributed by atoms with E-state index < -0.39 is 5.54 Å². The highest BCUT2D eigenvalue weighted by Gasteiger charge is 2.28. The van der Waals surface area contributed by atoms with Crippen molar-refractivity contribution in [3.05, 3.63) is 33.5 Å². The second-order valence-corrected chi connectivity index (χ2v) is 7.27. The zero-order valence-electron chi connectivity index (χ0n) is 13.4. The molecule has 0 aliphatic carbocycles. The van der Waals surface area contributed by atoms with Gasteiger partial charge in [0.05, 0.1) is 17.3 Å². The number of aromatic nitrogens is 3. The number of carbonyl (C=O) groups is 1. The van der Waals surface area contributed by atoms with Gasteiger partial charge >= 0.3 is 0 Å². The standard InChI is InChI=1S/C15H22N4OS/c1-9(2)19-11(4)12(8-17-19)13(20)18-15(5,6)14-16-7-10(3)21-14/h7-9H,1-6H3,(H,18,20). The van der Waals surface area contributed by atoms with Gasteiger partial charge in [0.1, 0.15) is 5.01 Å². The van der Waals surface area contributed by atoms with Gasteiger partial charge in [-0.1, -0.05) is 0 Å². The molecule has 2 aromatic rings. The number of amides is 1. The van der Waals surface area contributed by atoms with E-state index >= 15 is 0 Å². The predicted octanol–water partition coefficient (Wildman–Crippen LogP) is 3.20. The normalized spacial score (nSPS) is 12.0. The first-order chi connectivity index (χ1) is 9.72. The lowest BCUT2D eigenvalue weighted by Gasteiger charge is -2.23.